The van der Waals surface area contributed by atoms with Crippen LogP contribution in [0.5, 0.6) is 0 Å². The first-order valence-corrected chi connectivity index (χ1v) is 23.1. The first-order valence-electron chi connectivity index (χ1n) is 23.1. The molecule has 8 rings (SSSR count). The summed E-state index contributed by atoms with van der Waals surface area (Å²) in [6, 6.07) is 12.4. The number of ether oxygens (including phenoxy) is 2. The molecule has 2 aromatic carbocycles. The van der Waals surface area contributed by atoms with Crippen molar-refractivity contribution in [2.75, 3.05) is 27.3 Å². The maximum Gasteiger partial charge on any atom is 0.407 e. The van der Waals surface area contributed by atoms with Crippen molar-refractivity contribution in [1.29, 1.82) is 0 Å². The van der Waals surface area contributed by atoms with E-state index >= 15 is 0 Å². The van der Waals surface area contributed by atoms with Gasteiger partial charge in [-0.15, -0.1) is 0 Å². The summed E-state index contributed by atoms with van der Waals surface area (Å²) in [5, 5.41) is 5.54. The summed E-state index contributed by atoms with van der Waals surface area (Å²) >= 11 is 0. The van der Waals surface area contributed by atoms with Crippen LogP contribution >= 0.6 is 0 Å². The number of benzene rings is 2. The van der Waals surface area contributed by atoms with Gasteiger partial charge in [0.2, 0.25) is 11.8 Å². The van der Waals surface area contributed by atoms with Gasteiger partial charge in [0.1, 0.15) is 12.1 Å². The fraction of sp³-hybridized carbons (Fsp3) is 0.549. The van der Waals surface area contributed by atoms with Gasteiger partial charge in [0, 0.05) is 31.4 Å². The van der Waals surface area contributed by atoms with E-state index < -0.39 is 24.3 Å². The number of methoxy groups -OCH3 is 2. The number of likely N-dealkylation sites (tertiary alicyclic amines) is 2. The highest BCUT2D eigenvalue weighted by Crippen LogP contribution is 2.52. The largest absolute Gasteiger partial charge is 0.453 e. The van der Waals surface area contributed by atoms with E-state index in [9.17, 15) is 19.2 Å². The number of hydrogen-bond acceptors (Lipinski definition) is 7. The minimum Gasteiger partial charge on any atom is -0.453 e. The standard InChI is InChI=1S/C51H65N5O6/c1-31(2)45(53-49(59)61-5)47(57)55-24-10-12-43(55)36-19-18-35(26-36)33-14-16-34(17-15-33)38-20-21-39(41-29-51(28-40(38)41)22-8-7-9-23-51)37-27-42(52-30-37)44-13-11-25-56(44)48(58)46(32(3)4)54-50(60)62-6/h14-21,30-32,43-46H,7-13,22-29H2,1-6H3,(H,53,59)(H,54,60)/t43-,44-,45-,46-/m0/s1. The Morgan fingerprint density at radius 2 is 1.21 bits per heavy atom. The predicted molar refractivity (Wildman–Crippen MR) is 243 cm³/mol. The Kier molecular flexibility index (Phi) is 12.8. The lowest BCUT2D eigenvalue weighted by molar-refractivity contribution is -0.135. The Bertz CT molecular complexity index is 2190. The highest BCUT2D eigenvalue weighted by Gasteiger charge is 2.43. The van der Waals surface area contributed by atoms with Gasteiger partial charge in [-0.2, -0.15) is 0 Å². The average molecular weight is 844 g/mol. The van der Waals surface area contributed by atoms with E-state index in [0.717, 1.165) is 57.1 Å². The van der Waals surface area contributed by atoms with Crippen LogP contribution < -0.4 is 10.6 Å². The summed E-state index contributed by atoms with van der Waals surface area (Å²) in [6.07, 6.45) is 19.1. The zero-order valence-corrected chi connectivity index (χ0v) is 37.6. The van der Waals surface area contributed by atoms with E-state index in [1.807, 2.05) is 37.5 Å². The number of fused-ring (bicyclic) bond motifs is 1. The fourth-order valence-electron chi connectivity index (χ4n) is 11.3. The molecule has 2 aromatic rings. The number of nitrogens with one attached hydrogen (secondary N) is 2. The fourth-order valence-corrected chi connectivity index (χ4v) is 11.3. The van der Waals surface area contributed by atoms with Crippen LogP contribution in [0.3, 0.4) is 0 Å². The van der Waals surface area contributed by atoms with E-state index in [0.29, 0.717) is 18.5 Å². The molecule has 1 saturated carbocycles. The van der Waals surface area contributed by atoms with Crippen molar-refractivity contribution in [2.24, 2.45) is 22.2 Å². The topological polar surface area (TPSA) is 130 Å². The molecule has 4 atom stereocenters. The summed E-state index contributed by atoms with van der Waals surface area (Å²) < 4.78 is 9.67. The van der Waals surface area contributed by atoms with Gasteiger partial charge < -0.3 is 29.9 Å². The number of alkyl carbamates (subject to hydrolysis) is 2. The molecule has 0 unspecified atom stereocenters. The molecular weight excluding hydrogens is 779 g/mol. The molecule has 11 nitrogen and oxygen atoms in total. The van der Waals surface area contributed by atoms with Crippen molar-refractivity contribution in [3.63, 3.8) is 0 Å². The summed E-state index contributed by atoms with van der Waals surface area (Å²) in [4.78, 5) is 60.8. The van der Waals surface area contributed by atoms with Crippen LogP contribution in [0.1, 0.15) is 121 Å². The number of carbonyl (C=O) groups is 4. The predicted octanol–water partition coefficient (Wildman–Crippen LogP) is 9.05. The number of aliphatic imine (C=N–C) groups is 1. The lowest BCUT2D eigenvalue weighted by atomic mass is 9.72. The number of amides is 4. The zero-order valence-electron chi connectivity index (χ0n) is 37.6. The van der Waals surface area contributed by atoms with Crippen LogP contribution in [0.4, 0.5) is 9.59 Å². The van der Waals surface area contributed by atoms with Crippen molar-refractivity contribution in [2.45, 2.75) is 135 Å². The number of carbonyl (C=O) groups excluding carboxylic acids is 4. The molecule has 1 spiro atoms. The van der Waals surface area contributed by atoms with E-state index in [1.165, 1.54) is 96.4 Å². The summed E-state index contributed by atoms with van der Waals surface area (Å²) in [5.41, 5.74) is 13.1. The minimum atomic E-state index is -0.653. The van der Waals surface area contributed by atoms with Crippen LogP contribution in [0.25, 0.3) is 22.3 Å². The van der Waals surface area contributed by atoms with E-state index in [-0.39, 0.29) is 35.7 Å². The molecule has 330 valence electrons. The average Bonchev–Trinajstić information content (AvgIpc) is 4.13. The molecule has 2 N–H and O–H groups in total. The Balaban J connectivity index is 0.979. The Morgan fingerprint density at radius 3 is 1.81 bits per heavy atom. The first kappa shape index (κ1) is 43.5. The quantitative estimate of drug-likeness (QED) is 0.232. The van der Waals surface area contributed by atoms with Crippen molar-refractivity contribution in [1.82, 2.24) is 20.4 Å². The van der Waals surface area contributed by atoms with Crippen LogP contribution in [-0.2, 0) is 31.9 Å². The van der Waals surface area contributed by atoms with Crippen LogP contribution in [0, 0.1) is 17.3 Å². The second kappa shape index (κ2) is 18.3. The normalized spacial score (nSPS) is 22.6. The number of allylic oxidation sites excluding steroid dienone is 4. The number of rotatable bonds is 11. The first-order chi connectivity index (χ1) is 29.9. The summed E-state index contributed by atoms with van der Waals surface area (Å²) in [7, 11) is 2.65. The SMILES string of the molecule is COC(=O)N[C@H](C(=O)N1CCC[C@H]1C1=CC=C(c2ccc(-c3ccc(C4=CN=C([C@@H]5CCCN5C(=O)[C@@H](NC(=O)OC)C(C)C)C4)c4c3CC3(CCCCC3)C4)cc2)C1)C(C)C. The second-order valence-electron chi connectivity index (χ2n) is 19.3. The molecule has 6 aliphatic rings. The third-order valence-electron chi connectivity index (χ3n) is 14.7. The Hall–Kier alpha value is -5.19. The van der Waals surface area contributed by atoms with Crippen molar-refractivity contribution < 1.29 is 28.7 Å². The monoisotopic (exact) mass is 843 g/mol. The molecule has 3 aliphatic carbocycles. The molecule has 0 bridgehead atoms. The summed E-state index contributed by atoms with van der Waals surface area (Å²) in [6.45, 7) is 9.13. The van der Waals surface area contributed by atoms with E-state index in [1.54, 1.807) is 0 Å². The molecule has 11 heteroatoms. The Labute approximate surface area is 367 Å². The van der Waals surface area contributed by atoms with Crippen LogP contribution in [0.2, 0.25) is 0 Å². The Morgan fingerprint density at radius 1 is 0.661 bits per heavy atom. The third-order valence-corrected chi connectivity index (χ3v) is 14.7. The van der Waals surface area contributed by atoms with E-state index in [4.69, 9.17) is 14.5 Å². The molecule has 4 amide bonds. The number of hydrogen-bond donors (Lipinski definition) is 2. The van der Waals surface area contributed by atoms with Gasteiger partial charge in [-0.05, 0) is 125 Å². The molecular formula is C51H65N5O6. The second-order valence-corrected chi connectivity index (χ2v) is 19.3. The van der Waals surface area contributed by atoms with Gasteiger partial charge in [0.15, 0.2) is 0 Å². The van der Waals surface area contributed by atoms with Gasteiger partial charge in [-0.3, -0.25) is 14.6 Å². The lowest BCUT2D eigenvalue weighted by Crippen LogP contribution is -2.53. The summed E-state index contributed by atoms with van der Waals surface area (Å²) in [5.74, 6) is -0.255. The van der Waals surface area contributed by atoms with Gasteiger partial charge in [-0.25, -0.2) is 9.59 Å². The van der Waals surface area contributed by atoms with Crippen LogP contribution in [-0.4, -0.2) is 91.0 Å². The molecule has 3 heterocycles. The zero-order chi connectivity index (χ0) is 43.7. The van der Waals surface area contributed by atoms with Gasteiger partial charge in [-0.1, -0.05) is 95.5 Å². The smallest absolute Gasteiger partial charge is 0.407 e. The van der Waals surface area contributed by atoms with Gasteiger partial charge in [0.05, 0.1) is 26.3 Å². The molecule has 0 radical (unpaired) electrons. The van der Waals surface area contributed by atoms with Crippen molar-refractivity contribution in [3.8, 4) is 11.1 Å². The number of nitrogens with zero attached hydrogens (tertiary/aromatic N) is 3. The maximum atomic E-state index is 13.9. The molecule has 0 aromatic heterocycles. The van der Waals surface area contributed by atoms with Crippen molar-refractivity contribution >= 4 is 40.9 Å². The molecule has 3 aliphatic heterocycles. The maximum absolute atomic E-state index is 13.9. The minimum absolute atomic E-state index is 0.0213. The highest BCUT2D eigenvalue weighted by molar-refractivity contribution is 6.04. The highest BCUT2D eigenvalue weighted by atomic mass is 16.5. The van der Waals surface area contributed by atoms with Gasteiger partial charge >= 0.3 is 12.2 Å². The van der Waals surface area contributed by atoms with Crippen molar-refractivity contribution in [3.05, 3.63) is 82.6 Å². The van der Waals surface area contributed by atoms with Gasteiger partial charge in [0.25, 0.3) is 0 Å². The molecule has 3 fully saturated rings. The molecule has 2 saturated heterocycles. The van der Waals surface area contributed by atoms with Crippen LogP contribution in [0.15, 0.2) is 65.3 Å². The molecule has 62 heavy (non-hydrogen) atoms. The third kappa shape index (κ3) is 8.60. The lowest BCUT2D eigenvalue weighted by Gasteiger charge is -2.33. The van der Waals surface area contributed by atoms with E-state index in [2.05, 4.69) is 65.4 Å².